The van der Waals surface area contributed by atoms with Gasteiger partial charge in [0.1, 0.15) is 11.5 Å². The van der Waals surface area contributed by atoms with Crippen molar-refractivity contribution in [1.82, 2.24) is 0 Å². The molecule has 0 spiro atoms. The van der Waals surface area contributed by atoms with E-state index in [9.17, 15) is 0 Å². The van der Waals surface area contributed by atoms with Gasteiger partial charge in [0.05, 0.1) is 0 Å². The van der Waals surface area contributed by atoms with Gasteiger partial charge in [-0.1, -0.05) is 65.5 Å². The molecule has 2 nitrogen and oxygen atoms in total. The van der Waals surface area contributed by atoms with Crippen molar-refractivity contribution in [2.24, 2.45) is 5.92 Å². The predicted octanol–water partition coefficient (Wildman–Crippen LogP) is 6.91. The second kappa shape index (κ2) is 27.4. The molecule has 0 atom stereocenters. The molecule has 0 unspecified atom stereocenters. The smallest absolute Gasteiger partial charge is 0.115 e. The van der Waals surface area contributed by atoms with Crippen LogP contribution in [0.25, 0.3) is 0 Å². The summed E-state index contributed by atoms with van der Waals surface area (Å²) in [5.41, 5.74) is 0. The van der Waals surface area contributed by atoms with Gasteiger partial charge < -0.3 is 10.2 Å². The highest BCUT2D eigenvalue weighted by molar-refractivity contribution is 5.18. The molecule has 0 heterocycles. The maximum Gasteiger partial charge on any atom is 0.115 e. The molecular weight excluding hydrogens is 272 g/mol. The van der Waals surface area contributed by atoms with Crippen LogP contribution in [0, 0.1) is 5.92 Å². The fraction of sp³-hybridized carbons (Fsp3) is 0.400. The van der Waals surface area contributed by atoms with Crippen LogP contribution in [-0.2, 0) is 0 Å². The Morgan fingerprint density at radius 1 is 1.00 bits per heavy atom. The first-order valence-electron chi connectivity index (χ1n) is 7.64. The van der Waals surface area contributed by atoms with Crippen molar-refractivity contribution in [2.45, 2.75) is 48.5 Å². The molecule has 22 heavy (non-hydrogen) atoms. The van der Waals surface area contributed by atoms with Gasteiger partial charge in [0.2, 0.25) is 0 Å². The van der Waals surface area contributed by atoms with Crippen LogP contribution in [0.15, 0.2) is 67.5 Å². The lowest BCUT2D eigenvalue weighted by atomic mass is 10.3. The Hall–Kier alpha value is -1.96. The molecule has 0 aromatic heterocycles. The first-order chi connectivity index (χ1) is 10.3. The lowest BCUT2D eigenvalue weighted by molar-refractivity contribution is 0.431. The number of rotatable bonds is 1. The summed E-state index contributed by atoms with van der Waals surface area (Å²) in [6.07, 6.45) is 4.72. The van der Waals surface area contributed by atoms with E-state index in [0.29, 0.717) is 5.75 Å². The molecule has 0 bridgehead atoms. The average molecular weight is 309 g/mol. The van der Waals surface area contributed by atoms with Gasteiger partial charge in [-0.3, -0.25) is 0 Å². The molecule has 0 fully saturated rings. The van der Waals surface area contributed by atoms with Crippen LogP contribution in [0.4, 0.5) is 0 Å². The number of para-hydroxylation sites is 1. The Morgan fingerprint density at radius 2 is 1.32 bits per heavy atom. The van der Waals surface area contributed by atoms with Crippen molar-refractivity contribution in [3.05, 3.63) is 67.5 Å². The summed E-state index contributed by atoms with van der Waals surface area (Å²) in [7, 11) is 0. The molecule has 0 aliphatic carbocycles. The number of aliphatic hydroxyl groups is 1. The molecule has 0 aliphatic rings. The van der Waals surface area contributed by atoms with Gasteiger partial charge in [-0.05, 0) is 44.1 Å². The van der Waals surface area contributed by atoms with E-state index in [1.165, 1.54) is 6.08 Å². The van der Waals surface area contributed by atoms with Gasteiger partial charge in [0.25, 0.3) is 0 Å². The summed E-state index contributed by atoms with van der Waals surface area (Å²) in [6, 6.07) is 8.71. The zero-order valence-corrected chi connectivity index (χ0v) is 15.5. The maximum atomic E-state index is 8.63. The van der Waals surface area contributed by atoms with Crippen LogP contribution in [0.2, 0.25) is 0 Å². The fourth-order valence-corrected chi connectivity index (χ4v) is 0.546. The Kier molecular flexibility index (Phi) is 35.2. The molecule has 2 heteroatoms. The monoisotopic (exact) mass is 308 g/mol. The standard InChI is InChI=1S/C6H6O.C5H8O.C4H10.C3H6.C2H6/c7-6-4-2-1-3-5-6;1-3-5(6)4-2;1-4(2)3;1-3-2;1-2/h1-5,7H;3-4,6H,1H2,2H3;4H,1-3H3;3H,1H2,2H3;1-2H3/b;5-4+;;;. The Balaban J connectivity index is -0.0000000991. The first kappa shape index (κ1) is 28.2. The van der Waals surface area contributed by atoms with Crippen LogP contribution >= 0.6 is 0 Å². The zero-order valence-electron chi connectivity index (χ0n) is 15.5. The summed E-state index contributed by atoms with van der Waals surface area (Å²) < 4.78 is 0. The number of phenolic OH excluding ortho intramolecular Hbond substituents is 1. The van der Waals surface area contributed by atoms with Gasteiger partial charge >= 0.3 is 0 Å². The second-order valence-corrected chi connectivity index (χ2v) is 4.39. The third kappa shape index (κ3) is 52.0. The molecule has 0 saturated carbocycles. The Labute approximate surface area is 138 Å². The van der Waals surface area contributed by atoms with Crippen molar-refractivity contribution in [2.75, 3.05) is 0 Å². The van der Waals surface area contributed by atoms with E-state index in [4.69, 9.17) is 10.2 Å². The number of aliphatic hydroxyl groups excluding tert-OH is 1. The van der Waals surface area contributed by atoms with E-state index < -0.39 is 0 Å². The van der Waals surface area contributed by atoms with Crippen LogP contribution < -0.4 is 0 Å². The molecule has 1 aromatic rings. The van der Waals surface area contributed by atoms with Crippen LogP contribution in [0.3, 0.4) is 0 Å². The largest absolute Gasteiger partial charge is 0.508 e. The van der Waals surface area contributed by atoms with E-state index in [0.717, 1.165) is 5.92 Å². The number of aromatic hydroxyl groups is 1. The summed E-state index contributed by atoms with van der Waals surface area (Å²) in [5.74, 6) is 1.39. The third-order valence-corrected chi connectivity index (χ3v) is 1.26. The Morgan fingerprint density at radius 3 is 1.41 bits per heavy atom. The first-order valence-corrected chi connectivity index (χ1v) is 7.64. The fourth-order valence-electron chi connectivity index (χ4n) is 0.546. The number of phenols is 1. The van der Waals surface area contributed by atoms with Crippen molar-refractivity contribution in [3.63, 3.8) is 0 Å². The van der Waals surface area contributed by atoms with Crippen molar-refractivity contribution in [1.29, 1.82) is 0 Å². The Bertz CT molecular complexity index is 335. The average Bonchev–Trinajstić information content (AvgIpc) is 2.50. The molecule has 0 radical (unpaired) electrons. The topological polar surface area (TPSA) is 40.5 Å². The second-order valence-electron chi connectivity index (χ2n) is 4.39. The van der Waals surface area contributed by atoms with E-state index in [-0.39, 0.29) is 5.76 Å². The van der Waals surface area contributed by atoms with E-state index >= 15 is 0 Å². The van der Waals surface area contributed by atoms with Crippen LogP contribution in [0.1, 0.15) is 48.5 Å². The summed E-state index contributed by atoms with van der Waals surface area (Å²) >= 11 is 0. The molecular formula is C20H36O2. The van der Waals surface area contributed by atoms with Crippen LogP contribution in [-0.4, -0.2) is 10.2 Å². The van der Waals surface area contributed by atoms with Crippen molar-refractivity contribution in [3.8, 4) is 5.75 Å². The van der Waals surface area contributed by atoms with Gasteiger partial charge in [-0.25, -0.2) is 0 Å². The molecule has 0 amide bonds. The SMILES string of the molecule is C=C/C(O)=C\C.C=CC.CC.CC(C)C.Oc1ccccc1. The molecule has 0 aliphatic heterocycles. The van der Waals surface area contributed by atoms with Gasteiger partial charge in [-0.15, -0.1) is 6.58 Å². The van der Waals surface area contributed by atoms with Gasteiger partial charge in [0, 0.05) is 0 Å². The van der Waals surface area contributed by atoms with Gasteiger partial charge in [0.15, 0.2) is 0 Å². The maximum absolute atomic E-state index is 8.63. The van der Waals surface area contributed by atoms with Crippen molar-refractivity contribution >= 4 is 0 Å². The highest BCUT2D eigenvalue weighted by Gasteiger charge is 1.74. The molecule has 1 aromatic carbocycles. The summed E-state index contributed by atoms with van der Waals surface area (Å²) in [5, 5.41) is 17.0. The number of benzene rings is 1. The van der Waals surface area contributed by atoms with Gasteiger partial charge in [-0.2, -0.15) is 0 Å². The van der Waals surface area contributed by atoms with E-state index in [1.807, 2.05) is 26.8 Å². The van der Waals surface area contributed by atoms with Crippen molar-refractivity contribution < 1.29 is 10.2 Å². The minimum Gasteiger partial charge on any atom is -0.508 e. The highest BCUT2D eigenvalue weighted by Crippen LogP contribution is 2.02. The number of hydrogen-bond donors (Lipinski definition) is 2. The van der Waals surface area contributed by atoms with Crippen LogP contribution in [0.5, 0.6) is 5.75 Å². The lowest BCUT2D eigenvalue weighted by Crippen LogP contribution is -1.66. The molecule has 2 N–H and O–H groups in total. The number of hydrogen-bond acceptors (Lipinski definition) is 2. The lowest BCUT2D eigenvalue weighted by Gasteiger charge is -1.82. The molecule has 128 valence electrons. The van der Waals surface area contributed by atoms with E-state index in [2.05, 4.69) is 33.9 Å². The third-order valence-electron chi connectivity index (χ3n) is 1.26. The highest BCUT2D eigenvalue weighted by atomic mass is 16.3. The summed E-state index contributed by atoms with van der Waals surface area (Å²) in [6.45, 7) is 20.8. The van der Waals surface area contributed by atoms with E-state index in [1.54, 1.807) is 43.3 Å². The summed E-state index contributed by atoms with van der Waals surface area (Å²) in [4.78, 5) is 0. The molecule has 1 rings (SSSR count). The minimum absolute atomic E-state index is 0.231. The number of allylic oxidation sites excluding steroid dienone is 3. The molecule has 0 saturated heterocycles. The normalized spacial score (nSPS) is 8.27. The quantitative estimate of drug-likeness (QED) is 0.336. The minimum atomic E-state index is 0.231. The zero-order chi connectivity index (χ0) is 18.4. The predicted molar refractivity (Wildman–Crippen MR) is 102 cm³/mol.